The lowest BCUT2D eigenvalue weighted by atomic mass is 9.67. The highest BCUT2D eigenvalue weighted by Crippen LogP contribution is 2.45. The van der Waals surface area contributed by atoms with Gasteiger partial charge in [0.2, 0.25) is 0 Å². The molecule has 1 aromatic rings. The van der Waals surface area contributed by atoms with E-state index in [2.05, 4.69) is 38.1 Å². The van der Waals surface area contributed by atoms with E-state index in [1.807, 2.05) is 0 Å². The Bertz CT molecular complexity index is 688. The van der Waals surface area contributed by atoms with Gasteiger partial charge in [0.25, 0.3) is 0 Å². The molecule has 0 amide bonds. The molecule has 0 radical (unpaired) electrons. The van der Waals surface area contributed by atoms with E-state index in [1.54, 1.807) is 0 Å². The molecule has 0 spiro atoms. The highest BCUT2D eigenvalue weighted by Gasteiger charge is 2.35. The predicted octanol–water partition coefficient (Wildman–Crippen LogP) is 11.0. The van der Waals surface area contributed by atoms with Gasteiger partial charge in [0, 0.05) is 5.41 Å². The number of aldehydes is 1. The third-order valence-electron chi connectivity index (χ3n) is 9.98. The average Bonchev–Trinajstić information content (AvgIpc) is 2.93. The quantitative estimate of drug-likeness (QED) is 0.155. The second kappa shape index (κ2) is 16.7. The Morgan fingerprint density at radius 2 is 1.25 bits per heavy atom. The maximum atomic E-state index is 12.0. The first kappa shape index (κ1) is 29.4. The first-order valence-electron chi connectivity index (χ1n) is 16.2. The normalized spacial score (nSPS) is 26.7. The van der Waals surface area contributed by atoms with Crippen LogP contribution in [0.3, 0.4) is 0 Å². The Labute approximate surface area is 224 Å². The van der Waals surface area contributed by atoms with Crippen molar-refractivity contribution < 1.29 is 4.79 Å². The van der Waals surface area contributed by atoms with Gasteiger partial charge in [-0.25, -0.2) is 0 Å². The van der Waals surface area contributed by atoms with Crippen LogP contribution in [0, 0.1) is 17.3 Å². The standard InChI is InChI=1S/C35H58O/c1-3-5-7-9-11-13-30-14-16-31(17-15-30)18-19-32-20-22-33(23-21-32)34-24-27-35(29-36,28-25-34)26-12-10-8-6-4-2/h20-23,29-31,34H,3-19,24-28H2,1-2H3. The van der Waals surface area contributed by atoms with Crippen LogP contribution in [0.15, 0.2) is 24.3 Å². The van der Waals surface area contributed by atoms with Crippen LogP contribution in [0.25, 0.3) is 0 Å². The Morgan fingerprint density at radius 1 is 0.694 bits per heavy atom. The van der Waals surface area contributed by atoms with Gasteiger partial charge in [-0.3, -0.25) is 0 Å². The lowest BCUT2D eigenvalue weighted by Crippen LogP contribution is -2.28. The van der Waals surface area contributed by atoms with Gasteiger partial charge in [0.15, 0.2) is 0 Å². The number of rotatable bonds is 17. The third-order valence-corrected chi connectivity index (χ3v) is 9.98. The van der Waals surface area contributed by atoms with Crippen LogP contribution in [-0.2, 0) is 11.2 Å². The molecule has 2 saturated carbocycles. The van der Waals surface area contributed by atoms with E-state index >= 15 is 0 Å². The Morgan fingerprint density at radius 3 is 1.83 bits per heavy atom. The smallest absolute Gasteiger partial charge is 0.126 e. The van der Waals surface area contributed by atoms with Crippen LogP contribution in [-0.4, -0.2) is 6.29 Å². The summed E-state index contributed by atoms with van der Waals surface area (Å²) in [5.74, 6) is 2.64. The topological polar surface area (TPSA) is 17.1 Å². The molecule has 36 heavy (non-hydrogen) atoms. The van der Waals surface area contributed by atoms with E-state index < -0.39 is 0 Å². The van der Waals surface area contributed by atoms with Gasteiger partial charge in [0.1, 0.15) is 6.29 Å². The van der Waals surface area contributed by atoms with E-state index in [-0.39, 0.29) is 5.41 Å². The summed E-state index contributed by atoms with van der Waals surface area (Å²) in [6.07, 6.45) is 30.7. The molecule has 1 aromatic carbocycles. The maximum Gasteiger partial charge on any atom is 0.126 e. The second-order valence-electron chi connectivity index (χ2n) is 12.8. The number of benzene rings is 1. The molecule has 204 valence electrons. The lowest BCUT2D eigenvalue weighted by Gasteiger charge is -2.36. The minimum absolute atomic E-state index is 0.0172. The number of aryl methyl sites for hydroxylation is 1. The number of unbranched alkanes of at least 4 members (excludes halogenated alkanes) is 8. The van der Waals surface area contributed by atoms with E-state index in [0.29, 0.717) is 5.92 Å². The fourth-order valence-electron chi connectivity index (χ4n) is 7.21. The van der Waals surface area contributed by atoms with Gasteiger partial charge in [-0.15, -0.1) is 0 Å². The fraction of sp³-hybridized carbons (Fsp3) is 0.800. The largest absolute Gasteiger partial charge is 0.303 e. The maximum absolute atomic E-state index is 12.0. The molecule has 0 atom stereocenters. The molecule has 0 aromatic heterocycles. The van der Waals surface area contributed by atoms with Crippen LogP contribution >= 0.6 is 0 Å². The zero-order valence-electron chi connectivity index (χ0n) is 24.1. The van der Waals surface area contributed by atoms with E-state index in [9.17, 15) is 4.79 Å². The summed E-state index contributed by atoms with van der Waals surface area (Å²) in [7, 11) is 0. The van der Waals surface area contributed by atoms with Crippen molar-refractivity contribution >= 4 is 6.29 Å². The minimum atomic E-state index is -0.0172. The molecule has 2 fully saturated rings. The Hall–Kier alpha value is -1.11. The monoisotopic (exact) mass is 494 g/mol. The number of carbonyl (C=O) groups excluding carboxylic acids is 1. The van der Waals surface area contributed by atoms with Crippen molar-refractivity contribution in [3.05, 3.63) is 35.4 Å². The zero-order valence-corrected chi connectivity index (χ0v) is 24.1. The third kappa shape index (κ3) is 9.98. The molecule has 2 aliphatic rings. The molecule has 0 unspecified atom stereocenters. The SMILES string of the molecule is CCCCCCCC1CCC(CCc2ccc(C3CCC(C=O)(CCCCCCC)CC3)cc2)CC1. The van der Waals surface area contributed by atoms with E-state index in [0.717, 1.165) is 31.1 Å². The van der Waals surface area contributed by atoms with Crippen molar-refractivity contribution in [2.24, 2.45) is 17.3 Å². The van der Waals surface area contributed by atoms with Crippen LogP contribution in [0.4, 0.5) is 0 Å². The van der Waals surface area contributed by atoms with Gasteiger partial charge in [-0.1, -0.05) is 134 Å². The lowest BCUT2D eigenvalue weighted by molar-refractivity contribution is -0.118. The molecule has 0 N–H and O–H groups in total. The zero-order chi connectivity index (χ0) is 25.5. The molecular formula is C35H58O. The highest BCUT2D eigenvalue weighted by atomic mass is 16.1. The van der Waals surface area contributed by atoms with Crippen molar-refractivity contribution in [1.29, 1.82) is 0 Å². The van der Waals surface area contributed by atoms with Crippen molar-refractivity contribution in [1.82, 2.24) is 0 Å². The van der Waals surface area contributed by atoms with Crippen molar-refractivity contribution in [2.45, 2.75) is 161 Å². The van der Waals surface area contributed by atoms with E-state index in [1.165, 1.54) is 139 Å². The molecule has 2 aliphatic carbocycles. The molecule has 0 heterocycles. The first-order valence-corrected chi connectivity index (χ1v) is 16.2. The molecule has 0 aliphatic heterocycles. The summed E-state index contributed by atoms with van der Waals surface area (Å²) in [4.78, 5) is 12.0. The van der Waals surface area contributed by atoms with Gasteiger partial charge in [-0.2, -0.15) is 0 Å². The molecule has 0 bridgehead atoms. The van der Waals surface area contributed by atoms with Crippen molar-refractivity contribution in [3.8, 4) is 0 Å². The van der Waals surface area contributed by atoms with Crippen LogP contribution in [0.5, 0.6) is 0 Å². The van der Waals surface area contributed by atoms with Gasteiger partial charge in [-0.05, 0) is 73.8 Å². The van der Waals surface area contributed by atoms with Crippen LogP contribution in [0.2, 0.25) is 0 Å². The minimum Gasteiger partial charge on any atom is -0.303 e. The van der Waals surface area contributed by atoms with Gasteiger partial charge in [0.05, 0.1) is 0 Å². The molecular weight excluding hydrogens is 436 g/mol. The molecule has 1 nitrogen and oxygen atoms in total. The second-order valence-corrected chi connectivity index (χ2v) is 12.8. The number of carbonyl (C=O) groups is 1. The summed E-state index contributed by atoms with van der Waals surface area (Å²) in [5.41, 5.74) is 3.03. The number of hydrogen-bond donors (Lipinski definition) is 0. The fourth-order valence-corrected chi connectivity index (χ4v) is 7.21. The molecule has 1 heteroatoms. The summed E-state index contributed by atoms with van der Waals surface area (Å²) in [6, 6.07) is 9.64. The first-order chi connectivity index (χ1) is 17.7. The van der Waals surface area contributed by atoms with Crippen LogP contribution in [0.1, 0.15) is 166 Å². The number of hydrogen-bond acceptors (Lipinski definition) is 1. The predicted molar refractivity (Wildman–Crippen MR) is 157 cm³/mol. The van der Waals surface area contributed by atoms with Crippen molar-refractivity contribution in [2.75, 3.05) is 0 Å². The van der Waals surface area contributed by atoms with Gasteiger partial charge < -0.3 is 4.79 Å². The van der Waals surface area contributed by atoms with Crippen molar-refractivity contribution in [3.63, 3.8) is 0 Å². The Kier molecular flexibility index (Phi) is 13.6. The summed E-state index contributed by atoms with van der Waals surface area (Å²) in [5, 5.41) is 0. The molecule has 3 rings (SSSR count). The van der Waals surface area contributed by atoms with Gasteiger partial charge >= 0.3 is 0 Å². The molecule has 0 saturated heterocycles. The Balaban J connectivity index is 1.32. The van der Waals surface area contributed by atoms with E-state index in [4.69, 9.17) is 0 Å². The summed E-state index contributed by atoms with van der Waals surface area (Å²) in [6.45, 7) is 4.57. The summed E-state index contributed by atoms with van der Waals surface area (Å²) < 4.78 is 0. The van der Waals surface area contributed by atoms with Crippen LogP contribution < -0.4 is 0 Å². The average molecular weight is 495 g/mol. The highest BCUT2D eigenvalue weighted by molar-refractivity contribution is 5.59. The summed E-state index contributed by atoms with van der Waals surface area (Å²) >= 11 is 0.